The number of rotatable bonds is 7. The van der Waals surface area contributed by atoms with Crippen LogP contribution in [-0.4, -0.2) is 29.2 Å². The molecule has 25 heavy (non-hydrogen) atoms. The SMILES string of the molecule is C=C1C=CC=C(NC(=O)CCC(=O)O)C1=Nc1ccccc1NCC. The average molecular weight is 339 g/mol. The van der Waals surface area contributed by atoms with Gasteiger partial charge >= 0.3 is 5.97 Å². The van der Waals surface area contributed by atoms with Crippen molar-refractivity contribution in [2.75, 3.05) is 11.9 Å². The molecular weight excluding hydrogens is 318 g/mol. The topological polar surface area (TPSA) is 90.8 Å². The highest BCUT2D eigenvalue weighted by molar-refractivity contribution is 6.17. The van der Waals surface area contributed by atoms with Crippen molar-refractivity contribution in [1.29, 1.82) is 0 Å². The summed E-state index contributed by atoms with van der Waals surface area (Å²) in [7, 11) is 0. The predicted octanol–water partition coefficient (Wildman–Crippen LogP) is 3.18. The Morgan fingerprint density at radius 3 is 2.72 bits per heavy atom. The Balaban J connectivity index is 2.26. The van der Waals surface area contributed by atoms with E-state index < -0.39 is 5.97 Å². The van der Waals surface area contributed by atoms with Crippen LogP contribution < -0.4 is 10.6 Å². The summed E-state index contributed by atoms with van der Waals surface area (Å²) in [5.41, 5.74) is 3.35. The molecule has 130 valence electrons. The molecule has 1 aromatic rings. The molecule has 0 fully saturated rings. The Bertz CT molecular complexity index is 776. The first-order valence-corrected chi connectivity index (χ1v) is 8.02. The molecule has 1 aliphatic rings. The smallest absolute Gasteiger partial charge is 0.303 e. The number of nitrogens with zero attached hydrogens (tertiary/aromatic N) is 1. The minimum Gasteiger partial charge on any atom is -0.481 e. The Morgan fingerprint density at radius 1 is 1.24 bits per heavy atom. The normalized spacial score (nSPS) is 15.0. The fourth-order valence-electron chi connectivity index (χ4n) is 2.29. The zero-order valence-corrected chi connectivity index (χ0v) is 14.1. The number of carboxylic acid groups (broad SMARTS) is 1. The molecule has 0 aromatic heterocycles. The number of carboxylic acids is 1. The number of hydrogen-bond donors (Lipinski definition) is 3. The molecule has 1 aromatic carbocycles. The number of aliphatic imine (C=N–C) groups is 1. The molecule has 0 aliphatic heterocycles. The Morgan fingerprint density at radius 2 is 2.00 bits per heavy atom. The highest BCUT2D eigenvalue weighted by Gasteiger charge is 2.16. The lowest BCUT2D eigenvalue weighted by Gasteiger charge is -2.16. The molecule has 6 nitrogen and oxygen atoms in total. The molecule has 0 spiro atoms. The van der Waals surface area contributed by atoms with E-state index in [1.165, 1.54) is 0 Å². The van der Waals surface area contributed by atoms with Gasteiger partial charge in [0.2, 0.25) is 5.91 Å². The van der Waals surface area contributed by atoms with Crippen LogP contribution in [0.25, 0.3) is 0 Å². The largest absolute Gasteiger partial charge is 0.481 e. The summed E-state index contributed by atoms with van der Waals surface area (Å²) >= 11 is 0. The minimum absolute atomic E-state index is 0.0931. The van der Waals surface area contributed by atoms with Crippen molar-refractivity contribution in [3.8, 4) is 0 Å². The van der Waals surface area contributed by atoms with Crippen molar-refractivity contribution in [2.45, 2.75) is 19.8 Å². The van der Waals surface area contributed by atoms with Crippen molar-refractivity contribution in [1.82, 2.24) is 5.32 Å². The molecule has 3 N–H and O–H groups in total. The Kier molecular flexibility index (Phi) is 6.28. The summed E-state index contributed by atoms with van der Waals surface area (Å²) in [6.07, 6.45) is 4.99. The number of anilines is 1. The first kappa shape index (κ1) is 18.2. The summed E-state index contributed by atoms with van der Waals surface area (Å²) < 4.78 is 0. The van der Waals surface area contributed by atoms with Gasteiger partial charge < -0.3 is 15.7 Å². The summed E-state index contributed by atoms with van der Waals surface area (Å²) in [6, 6.07) is 7.61. The molecule has 6 heteroatoms. The number of nitrogens with one attached hydrogen (secondary N) is 2. The van der Waals surface area contributed by atoms with E-state index in [0.29, 0.717) is 17.0 Å². The van der Waals surface area contributed by atoms with Gasteiger partial charge in [-0.2, -0.15) is 0 Å². The van der Waals surface area contributed by atoms with E-state index in [1.807, 2.05) is 37.3 Å². The molecule has 0 atom stereocenters. The quantitative estimate of drug-likeness (QED) is 0.711. The van der Waals surface area contributed by atoms with E-state index in [9.17, 15) is 9.59 Å². The highest BCUT2D eigenvalue weighted by atomic mass is 16.4. The van der Waals surface area contributed by atoms with Crippen molar-refractivity contribution in [2.24, 2.45) is 4.99 Å². The number of carbonyl (C=O) groups excluding carboxylic acids is 1. The number of carbonyl (C=O) groups is 2. The van der Waals surface area contributed by atoms with Gasteiger partial charge in [-0.05, 0) is 30.7 Å². The lowest BCUT2D eigenvalue weighted by molar-refractivity contribution is -0.138. The van der Waals surface area contributed by atoms with Crippen LogP contribution in [0.4, 0.5) is 11.4 Å². The third-order valence-electron chi connectivity index (χ3n) is 3.46. The maximum atomic E-state index is 12.0. The second-order valence-electron chi connectivity index (χ2n) is 5.41. The van der Waals surface area contributed by atoms with E-state index in [0.717, 1.165) is 17.9 Å². The van der Waals surface area contributed by atoms with Crippen molar-refractivity contribution in [3.05, 3.63) is 60.3 Å². The molecule has 1 amide bonds. The summed E-state index contributed by atoms with van der Waals surface area (Å²) in [4.78, 5) is 27.2. The number of hydrogen-bond acceptors (Lipinski definition) is 4. The van der Waals surface area contributed by atoms with Gasteiger partial charge in [0.15, 0.2) is 0 Å². The van der Waals surface area contributed by atoms with E-state index in [-0.39, 0.29) is 18.7 Å². The van der Waals surface area contributed by atoms with Crippen LogP contribution in [0.2, 0.25) is 0 Å². The maximum Gasteiger partial charge on any atom is 0.303 e. The lowest BCUT2D eigenvalue weighted by Crippen LogP contribution is -2.29. The minimum atomic E-state index is -1.01. The lowest BCUT2D eigenvalue weighted by atomic mass is 10.0. The van der Waals surface area contributed by atoms with Crippen molar-refractivity contribution < 1.29 is 14.7 Å². The van der Waals surface area contributed by atoms with Gasteiger partial charge in [-0.25, -0.2) is 4.99 Å². The Labute approximate surface area is 146 Å². The molecule has 1 aliphatic carbocycles. The van der Waals surface area contributed by atoms with Crippen LogP contribution in [0, 0.1) is 0 Å². The molecule has 0 saturated heterocycles. The van der Waals surface area contributed by atoms with Crippen LogP contribution in [0.15, 0.2) is 65.3 Å². The third kappa shape index (κ3) is 5.17. The van der Waals surface area contributed by atoms with Crippen molar-refractivity contribution in [3.63, 3.8) is 0 Å². The highest BCUT2D eigenvalue weighted by Crippen LogP contribution is 2.27. The first-order valence-electron chi connectivity index (χ1n) is 8.02. The van der Waals surface area contributed by atoms with Gasteiger partial charge in [-0.3, -0.25) is 9.59 Å². The Hall–Kier alpha value is -3.15. The number of benzene rings is 1. The molecular formula is C19H21N3O3. The fraction of sp³-hybridized carbons (Fsp3) is 0.211. The zero-order chi connectivity index (χ0) is 18.2. The predicted molar refractivity (Wildman–Crippen MR) is 99.1 cm³/mol. The van der Waals surface area contributed by atoms with E-state index >= 15 is 0 Å². The molecule has 0 radical (unpaired) electrons. The number of allylic oxidation sites excluding steroid dienone is 4. The summed E-state index contributed by atoms with van der Waals surface area (Å²) in [5, 5.41) is 14.7. The summed E-state index contributed by atoms with van der Waals surface area (Å²) in [5.74, 6) is -1.38. The third-order valence-corrected chi connectivity index (χ3v) is 3.46. The van der Waals surface area contributed by atoms with E-state index in [1.54, 1.807) is 12.2 Å². The van der Waals surface area contributed by atoms with E-state index in [4.69, 9.17) is 5.11 Å². The molecule has 0 heterocycles. The first-order chi connectivity index (χ1) is 12.0. The standard InChI is InChI=1S/C19H21N3O3/c1-3-20-14-8-4-5-9-15(14)22-19-13(2)7-6-10-16(19)21-17(23)11-12-18(24)25/h4-10,20H,2-3,11-12H2,1H3,(H,21,23)(H,24,25). The van der Waals surface area contributed by atoms with Gasteiger partial charge in [0, 0.05) is 13.0 Å². The molecule has 0 unspecified atom stereocenters. The van der Waals surface area contributed by atoms with Crippen LogP contribution in [0.5, 0.6) is 0 Å². The van der Waals surface area contributed by atoms with Gasteiger partial charge in [0.25, 0.3) is 0 Å². The molecule has 0 bridgehead atoms. The summed E-state index contributed by atoms with van der Waals surface area (Å²) in [6.45, 7) is 6.74. The average Bonchev–Trinajstić information content (AvgIpc) is 2.58. The number of para-hydroxylation sites is 2. The fourth-order valence-corrected chi connectivity index (χ4v) is 2.29. The second kappa shape index (κ2) is 8.63. The molecule has 2 rings (SSSR count). The van der Waals surface area contributed by atoms with Crippen LogP contribution in [0.3, 0.4) is 0 Å². The van der Waals surface area contributed by atoms with Crippen LogP contribution in [0.1, 0.15) is 19.8 Å². The number of aliphatic carboxylic acids is 1. The molecule has 0 saturated carbocycles. The monoisotopic (exact) mass is 339 g/mol. The van der Waals surface area contributed by atoms with Gasteiger partial charge in [0.05, 0.1) is 29.2 Å². The van der Waals surface area contributed by atoms with Gasteiger partial charge in [0.1, 0.15) is 0 Å². The van der Waals surface area contributed by atoms with Crippen LogP contribution >= 0.6 is 0 Å². The zero-order valence-electron chi connectivity index (χ0n) is 14.1. The van der Waals surface area contributed by atoms with Crippen LogP contribution in [-0.2, 0) is 9.59 Å². The number of amides is 1. The van der Waals surface area contributed by atoms with Gasteiger partial charge in [-0.15, -0.1) is 0 Å². The van der Waals surface area contributed by atoms with E-state index in [2.05, 4.69) is 22.2 Å². The second-order valence-corrected chi connectivity index (χ2v) is 5.41. The van der Waals surface area contributed by atoms with Gasteiger partial charge in [-0.1, -0.05) is 30.9 Å². The maximum absolute atomic E-state index is 12.0. The van der Waals surface area contributed by atoms with Crippen molar-refractivity contribution >= 4 is 29.0 Å².